The molecular formula is C15H20N2O. The molecule has 96 valence electrons. The van der Waals surface area contributed by atoms with Gasteiger partial charge in [0.25, 0.3) is 0 Å². The Bertz CT molecular complexity index is 542. The standard InChI is InChI=1S/C15H20N2O/c1-2-9-17-13-6-4-3-5-12(13)16-15(17)10-14(18)11-7-8-11/h3-6,11,14,18H,2,7-10H2,1H3. The van der Waals surface area contributed by atoms with Gasteiger partial charge in [-0.1, -0.05) is 19.1 Å². The molecule has 1 aliphatic rings. The second kappa shape index (κ2) is 4.73. The highest BCUT2D eigenvalue weighted by atomic mass is 16.3. The zero-order valence-corrected chi connectivity index (χ0v) is 10.8. The van der Waals surface area contributed by atoms with Crippen LogP contribution in [-0.4, -0.2) is 20.8 Å². The average molecular weight is 244 g/mol. The molecule has 1 N–H and O–H groups in total. The summed E-state index contributed by atoms with van der Waals surface area (Å²) in [6.45, 7) is 3.16. The van der Waals surface area contributed by atoms with Crippen molar-refractivity contribution < 1.29 is 5.11 Å². The predicted octanol–water partition coefficient (Wildman–Crippen LogP) is 2.76. The third-order valence-corrected chi connectivity index (χ3v) is 3.74. The van der Waals surface area contributed by atoms with Crippen molar-refractivity contribution in [2.45, 2.75) is 45.3 Å². The summed E-state index contributed by atoms with van der Waals surface area (Å²) in [7, 11) is 0. The van der Waals surface area contributed by atoms with E-state index in [0.717, 1.165) is 24.3 Å². The van der Waals surface area contributed by atoms with E-state index in [-0.39, 0.29) is 6.10 Å². The lowest BCUT2D eigenvalue weighted by molar-refractivity contribution is 0.148. The second-order valence-corrected chi connectivity index (χ2v) is 5.28. The maximum atomic E-state index is 10.1. The monoisotopic (exact) mass is 244 g/mol. The van der Waals surface area contributed by atoms with Crippen LogP contribution in [0.4, 0.5) is 0 Å². The van der Waals surface area contributed by atoms with E-state index in [1.54, 1.807) is 0 Å². The number of rotatable bonds is 5. The fraction of sp³-hybridized carbons (Fsp3) is 0.533. The Morgan fingerprint density at radius 2 is 2.17 bits per heavy atom. The van der Waals surface area contributed by atoms with Gasteiger partial charge in [-0.05, 0) is 37.3 Å². The molecule has 1 aromatic carbocycles. The zero-order valence-electron chi connectivity index (χ0n) is 10.8. The summed E-state index contributed by atoms with van der Waals surface area (Å²) in [4.78, 5) is 4.68. The Morgan fingerprint density at radius 3 is 2.89 bits per heavy atom. The van der Waals surface area contributed by atoms with Crippen molar-refractivity contribution in [2.75, 3.05) is 0 Å². The molecule has 0 spiro atoms. The summed E-state index contributed by atoms with van der Waals surface area (Å²) < 4.78 is 2.26. The van der Waals surface area contributed by atoms with Crippen LogP contribution in [0.25, 0.3) is 11.0 Å². The van der Waals surface area contributed by atoms with Gasteiger partial charge in [0.15, 0.2) is 0 Å². The van der Waals surface area contributed by atoms with E-state index < -0.39 is 0 Å². The van der Waals surface area contributed by atoms with Gasteiger partial charge in [0, 0.05) is 13.0 Å². The number of hydrogen-bond acceptors (Lipinski definition) is 2. The number of hydrogen-bond donors (Lipinski definition) is 1. The van der Waals surface area contributed by atoms with E-state index in [9.17, 15) is 5.11 Å². The summed E-state index contributed by atoms with van der Waals surface area (Å²) in [5, 5.41) is 10.1. The highest BCUT2D eigenvalue weighted by Gasteiger charge is 2.30. The van der Waals surface area contributed by atoms with Gasteiger partial charge in [-0.3, -0.25) is 0 Å². The van der Waals surface area contributed by atoms with E-state index in [4.69, 9.17) is 0 Å². The SMILES string of the molecule is CCCn1c(CC(O)C2CC2)nc2ccccc21. The quantitative estimate of drug-likeness (QED) is 0.878. The predicted molar refractivity (Wildman–Crippen MR) is 72.5 cm³/mol. The summed E-state index contributed by atoms with van der Waals surface area (Å²) >= 11 is 0. The highest BCUT2D eigenvalue weighted by Crippen LogP contribution is 2.34. The van der Waals surface area contributed by atoms with E-state index in [2.05, 4.69) is 34.7 Å². The Kier molecular flexibility index (Phi) is 3.08. The van der Waals surface area contributed by atoms with E-state index in [1.807, 2.05) is 6.07 Å². The average Bonchev–Trinajstić information content (AvgIpc) is 3.16. The van der Waals surface area contributed by atoms with Crippen LogP contribution in [0.1, 0.15) is 32.0 Å². The van der Waals surface area contributed by atoms with Crippen molar-refractivity contribution in [2.24, 2.45) is 5.92 Å². The summed E-state index contributed by atoms with van der Waals surface area (Å²) in [5.41, 5.74) is 2.24. The number of benzene rings is 1. The van der Waals surface area contributed by atoms with Gasteiger partial charge in [0.1, 0.15) is 5.82 Å². The lowest BCUT2D eigenvalue weighted by atomic mass is 10.1. The lowest BCUT2D eigenvalue weighted by Gasteiger charge is -2.11. The first-order chi connectivity index (χ1) is 8.79. The molecule has 1 heterocycles. The molecular weight excluding hydrogens is 224 g/mol. The van der Waals surface area contributed by atoms with Gasteiger partial charge >= 0.3 is 0 Å². The van der Waals surface area contributed by atoms with Crippen LogP contribution in [0, 0.1) is 5.92 Å². The first-order valence-electron chi connectivity index (χ1n) is 6.91. The minimum atomic E-state index is -0.211. The third kappa shape index (κ3) is 2.15. The molecule has 0 radical (unpaired) electrons. The molecule has 18 heavy (non-hydrogen) atoms. The molecule has 3 rings (SSSR count). The number of imidazole rings is 1. The molecule has 1 unspecified atom stereocenters. The van der Waals surface area contributed by atoms with Crippen molar-refractivity contribution in [3.05, 3.63) is 30.1 Å². The summed E-state index contributed by atoms with van der Waals surface area (Å²) in [6.07, 6.45) is 3.92. The largest absolute Gasteiger partial charge is 0.392 e. The zero-order chi connectivity index (χ0) is 12.5. The third-order valence-electron chi connectivity index (χ3n) is 3.74. The smallest absolute Gasteiger partial charge is 0.112 e. The summed E-state index contributed by atoms with van der Waals surface area (Å²) in [5.74, 6) is 1.55. The number of aryl methyl sites for hydroxylation is 1. The van der Waals surface area contributed by atoms with Crippen molar-refractivity contribution in [1.29, 1.82) is 0 Å². The first-order valence-corrected chi connectivity index (χ1v) is 6.91. The molecule has 0 saturated heterocycles. The van der Waals surface area contributed by atoms with Gasteiger partial charge < -0.3 is 9.67 Å². The molecule has 3 nitrogen and oxygen atoms in total. The van der Waals surface area contributed by atoms with Gasteiger partial charge in [0.05, 0.1) is 17.1 Å². The van der Waals surface area contributed by atoms with Crippen LogP contribution in [0.5, 0.6) is 0 Å². The second-order valence-electron chi connectivity index (χ2n) is 5.28. The normalized spacial score (nSPS) is 17.2. The van der Waals surface area contributed by atoms with Crippen LogP contribution in [-0.2, 0) is 13.0 Å². The maximum Gasteiger partial charge on any atom is 0.112 e. The number of aliphatic hydroxyl groups is 1. The van der Waals surface area contributed by atoms with Gasteiger partial charge in [-0.2, -0.15) is 0 Å². The Hall–Kier alpha value is -1.35. The molecule has 1 saturated carbocycles. The minimum Gasteiger partial charge on any atom is -0.392 e. The Labute approximate surface area is 107 Å². The maximum absolute atomic E-state index is 10.1. The van der Waals surface area contributed by atoms with Crippen LogP contribution in [0.2, 0.25) is 0 Å². The number of aromatic nitrogens is 2. The molecule has 1 aliphatic carbocycles. The van der Waals surface area contributed by atoms with E-state index >= 15 is 0 Å². The van der Waals surface area contributed by atoms with Crippen molar-refractivity contribution in [3.8, 4) is 0 Å². The first kappa shape index (κ1) is 11.7. The fourth-order valence-corrected chi connectivity index (χ4v) is 2.59. The van der Waals surface area contributed by atoms with Gasteiger partial charge in [0.2, 0.25) is 0 Å². The molecule has 2 aromatic rings. The van der Waals surface area contributed by atoms with Crippen molar-refractivity contribution in [1.82, 2.24) is 9.55 Å². The molecule has 1 aromatic heterocycles. The van der Waals surface area contributed by atoms with Crippen LogP contribution in [0.3, 0.4) is 0 Å². The molecule has 1 atom stereocenters. The fourth-order valence-electron chi connectivity index (χ4n) is 2.59. The number of fused-ring (bicyclic) bond motifs is 1. The van der Waals surface area contributed by atoms with Crippen LogP contribution >= 0.6 is 0 Å². The minimum absolute atomic E-state index is 0.211. The van der Waals surface area contributed by atoms with Crippen LogP contribution in [0.15, 0.2) is 24.3 Å². The Morgan fingerprint density at radius 1 is 1.39 bits per heavy atom. The molecule has 0 amide bonds. The lowest BCUT2D eigenvalue weighted by Crippen LogP contribution is -2.16. The number of nitrogens with zero attached hydrogens (tertiary/aromatic N) is 2. The van der Waals surface area contributed by atoms with E-state index in [0.29, 0.717) is 12.3 Å². The molecule has 0 bridgehead atoms. The topological polar surface area (TPSA) is 38.0 Å². The number of para-hydroxylation sites is 2. The Balaban J connectivity index is 1.95. The number of aliphatic hydroxyl groups excluding tert-OH is 1. The van der Waals surface area contributed by atoms with Gasteiger partial charge in [-0.25, -0.2) is 4.98 Å². The van der Waals surface area contributed by atoms with Crippen molar-refractivity contribution >= 4 is 11.0 Å². The van der Waals surface area contributed by atoms with Crippen LogP contribution < -0.4 is 0 Å². The van der Waals surface area contributed by atoms with E-state index in [1.165, 1.54) is 18.4 Å². The molecule has 0 aliphatic heterocycles. The molecule has 1 fully saturated rings. The van der Waals surface area contributed by atoms with Crippen molar-refractivity contribution in [3.63, 3.8) is 0 Å². The molecule has 3 heteroatoms. The van der Waals surface area contributed by atoms with Gasteiger partial charge in [-0.15, -0.1) is 0 Å². The summed E-state index contributed by atoms with van der Waals surface area (Å²) in [6, 6.07) is 8.24. The highest BCUT2D eigenvalue weighted by molar-refractivity contribution is 5.75.